The average Bonchev–Trinajstić information content (AvgIpc) is 2.49. The largest absolute Gasteiger partial charge is 0.393 e. The van der Waals surface area contributed by atoms with Gasteiger partial charge in [0.1, 0.15) is 0 Å². The normalized spacial score (nSPS) is 24.1. The van der Waals surface area contributed by atoms with E-state index in [-0.39, 0.29) is 6.10 Å². The van der Waals surface area contributed by atoms with Crippen molar-refractivity contribution in [1.29, 1.82) is 0 Å². The van der Waals surface area contributed by atoms with Crippen LogP contribution in [0, 0.1) is 5.92 Å². The zero-order valence-electron chi connectivity index (χ0n) is 12.0. The lowest BCUT2D eigenvalue weighted by Crippen LogP contribution is -2.42. The SMILES string of the molecule is CCC1CN(Cc2ccc3ccccc3n2)CCC1O. The number of nitrogens with zero attached hydrogens (tertiary/aromatic N) is 2. The van der Waals surface area contributed by atoms with Crippen LogP contribution < -0.4 is 0 Å². The maximum absolute atomic E-state index is 9.95. The first kappa shape index (κ1) is 13.5. The van der Waals surface area contributed by atoms with E-state index in [4.69, 9.17) is 4.98 Å². The second-order valence-electron chi connectivity index (χ2n) is 5.75. The Bertz CT molecular complexity index is 584. The number of fused-ring (bicyclic) bond motifs is 1. The summed E-state index contributed by atoms with van der Waals surface area (Å²) in [4.78, 5) is 7.15. The molecule has 2 unspecified atom stereocenters. The standard InChI is InChI=1S/C17H22N2O/c1-2-13-11-19(10-9-17(13)20)12-15-8-7-14-5-3-4-6-16(14)18-15/h3-8,13,17,20H,2,9-12H2,1H3. The fourth-order valence-electron chi connectivity index (χ4n) is 3.07. The Labute approximate surface area is 120 Å². The van der Waals surface area contributed by atoms with Gasteiger partial charge in [-0.15, -0.1) is 0 Å². The number of piperidine rings is 1. The van der Waals surface area contributed by atoms with Crippen molar-refractivity contribution in [2.24, 2.45) is 5.92 Å². The molecule has 1 aromatic carbocycles. The van der Waals surface area contributed by atoms with Gasteiger partial charge >= 0.3 is 0 Å². The minimum absolute atomic E-state index is 0.124. The molecule has 1 N–H and O–H groups in total. The molecule has 0 bridgehead atoms. The summed E-state index contributed by atoms with van der Waals surface area (Å²) in [6.45, 7) is 4.98. The maximum atomic E-state index is 9.95. The van der Waals surface area contributed by atoms with Gasteiger partial charge in [0.15, 0.2) is 0 Å². The number of rotatable bonds is 3. The van der Waals surface area contributed by atoms with Crippen LogP contribution in [0.4, 0.5) is 0 Å². The van der Waals surface area contributed by atoms with Gasteiger partial charge in [0, 0.05) is 25.0 Å². The van der Waals surface area contributed by atoms with Crippen molar-refractivity contribution in [3.05, 3.63) is 42.1 Å². The number of benzene rings is 1. The highest BCUT2D eigenvalue weighted by molar-refractivity contribution is 5.78. The molecule has 3 nitrogen and oxygen atoms in total. The van der Waals surface area contributed by atoms with Crippen LogP contribution in [0.2, 0.25) is 0 Å². The van der Waals surface area contributed by atoms with Gasteiger partial charge < -0.3 is 5.11 Å². The van der Waals surface area contributed by atoms with E-state index in [1.807, 2.05) is 12.1 Å². The second-order valence-corrected chi connectivity index (χ2v) is 5.75. The van der Waals surface area contributed by atoms with Crippen LogP contribution >= 0.6 is 0 Å². The molecule has 0 radical (unpaired) electrons. The first-order chi connectivity index (χ1) is 9.76. The molecule has 0 saturated carbocycles. The van der Waals surface area contributed by atoms with E-state index in [2.05, 4.69) is 36.1 Å². The Morgan fingerprint density at radius 1 is 1.25 bits per heavy atom. The summed E-state index contributed by atoms with van der Waals surface area (Å²) in [6.07, 6.45) is 1.80. The maximum Gasteiger partial charge on any atom is 0.0705 e. The quantitative estimate of drug-likeness (QED) is 0.931. The molecule has 106 valence electrons. The lowest BCUT2D eigenvalue weighted by atomic mass is 9.92. The summed E-state index contributed by atoms with van der Waals surface area (Å²) < 4.78 is 0. The van der Waals surface area contributed by atoms with Crippen LogP contribution in [-0.2, 0) is 6.54 Å². The van der Waals surface area contributed by atoms with Crippen molar-refractivity contribution >= 4 is 10.9 Å². The molecule has 2 aromatic rings. The van der Waals surface area contributed by atoms with Crippen molar-refractivity contribution in [3.8, 4) is 0 Å². The zero-order chi connectivity index (χ0) is 13.9. The van der Waals surface area contributed by atoms with Gasteiger partial charge in [0.05, 0.1) is 17.3 Å². The minimum Gasteiger partial charge on any atom is -0.393 e. The van der Waals surface area contributed by atoms with Crippen LogP contribution in [-0.4, -0.2) is 34.2 Å². The molecule has 1 aromatic heterocycles. The number of likely N-dealkylation sites (tertiary alicyclic amines) is 1. The fraction of sp³-hybridized carbons (Fsp3) is 0.471. The number of aromatic nitrogens is 1. The second kappa shape index (κ2) is 5.90. The highest BCUT2D eigenvalue weighted by Crippen LogP contribution is 2.21. The van der Waals surface area contributed by atoms with Crippen LogP contribution in [0.3, 0.4) is 0 Å². The molecule has 3 rings (SSSR count). The van der Waals surface area contributed by atoms with Crippen LogP contribution in [0.25, 0.3) is 10.9 Å². The number of para-hydroxylation sites is 1. The van der Waals surface area contributed by atoms with E-state index in [1.54, 1.807) is 0 Å². The van der Waals surface area contributed by atoms with Crippen molar-refractivity contribution in [2.45, 2.75) is 32.4 Å². The Hall–Kier alpha value is -1.45. The first-order valence-corrected chi connectivity index (χ1v) is 7.51. The van der Waals surface area contributed by atoms with E-state index in [1.165, 1.54) is 5.39 Å². The summed E-state index contributed by atoms with van der Waals surface area (Å²) >= 11 is 0. The molecular formula is C17H22N2O. The van der Waals surface area contributed by atoms with E-state index >= 15 is 0 Å². The van der Waals surface area contributed by atoms with Gasteiger partial charge in [-0.05, 0) is 30.9 Å². The summed E-state index contributed by atoms with van der Waals surface area (Å²) in [6, 6.07) is 12.5. The molecule has 1 fully saturated rings. The Kier molecular flexibility index (Phi) is 3.99. The summed E-state index contributed by atoms with van der Waals surface area (Å²) in [5.41, 5.74) is 2.18. The van der Waals surface area contributed by atoms with Gasteiger partial charge in [0.2, 0.25) is 0 Å². The molecule has 1 aliphatic heterocycles. The smallest absolute Gasteiger partial charge is 0.0705 e. The molecule has 3 heteroatoms. The van der Waals surface area contributed by atoms with Gasteiger partial charge in [-0.2, -0.15) is 0 Å². The van der Waals surface area contributed by atoms with E-state index in [9.17, 15) is 5.11 Å². The summed E-state index contributed by atoms with van der Waals surface area (Å²) in [5.74, 6) is 0.407. The van der Waals surface area contributed by atoms with Crippen LogP contribution in [0.1, 0.15) is 25.5 Å². The minimum atomic E-state index is -0.124. The average molecular weight is 270 g/mol. The third-order valence-electron chi connectivity index (χ3n) is 4.34. The molecular weight excluding hydrogens is 248 g/mol. The molecule has 1 aliphatic rings. The molecule has 0 amide bonds. The topological polar surface area (TPSA) is 36.4 Å². The number of aliphatic hydroxyl groups excluding tert-OH is 1. The van der Waals surface area contributed by atoms with Crippen molar-refractivity contribution < 1.29 is 5.11 Å². The molecule has 1 saturated heterocycles. The molecule has 0 aliphatic carbocycles. The molecule has 2 atom stereocenters. The Morgan fingerprint density at radius 3 is 2.95 bits per heavy atom. The predicted molar refractivity (Wildman–Crippen MR) is 81.4 cm³/mol. The third-order valence-corrected chi connectivity index (χ3v) is 4.34. The number of hydrogen-bond acceptors (Lipinski definition) is 3. The Balaban J connectivity index is 1.73. The fourth-order valence-corrected chi connectivity index (χ4v) is 3.07. The van der Waals surface area contributed by atoms with Gasteiger partial charge in [-0.1, -0.05) is 31.2 Å². The Morgan fingerprint density at radius 2 is 2.10 bits per heavy atom. The van der Waals surface area contributed by atoms with E-state index in [0.29, 0.717) is 5.92 Å². The first-order valence-electron chi connectivity index (χ1n) is 7.51. The van der Waals surface area contributed by atoms with E-state index in [0.717, 1.165) is 43.7 Å². The molecule has 2 heterocycles. The van der Waals surface area contributed by atoms with E-state index < -0.39 is 0 Å². The number of pyridine rings is 1. The van der Waals surface area contributed by atoms with Gasteiger partial charge in [-0.25, -0.2) is 0 Å². The third kappa shape index (κ3) is 2.84. The lowest BCUT2D eigenvalue weighted by molar-refractivity contribution is 0.0218. The summed E-state index contributed by atoms with van der Waals surface area (Å²) in [7, 11) is 0. The summed E-state index contributed by atoms with van der Waals surface area (Å²) in [5, 5.41) is 11.1. The highest BCUT2D eigenvalue weighted by atomic mass is 16.3. The van der Waals surface area contributed by atoms with Crippen LogP contribution in [0.15, 0.2) is 36.4 Å². The monoisotopic (exact) mass is 270 g/mol. The molecule has 0 spiro atoms. The zero-order valence-corrected chi connectivity index (χ0v) is 12.0. The lowest BCUT2D eigenvalue weighted by Gasteiger charge is -2.35. The number of hydrogen-bond donors (Lipinski definition) is 1. The predicted octanol–water partition coefficient (Wildman–Crippen LogP) is 2.83. The van der Waals surface area contributed by atoms with Gasteiger partial charge in [-0.3, -0.25) is 9.88 Å². The van der Waals surface area contributed by atoms with Crippen LogP contribution in [0.5, 0.6) is 0 Å². The van der Waals surface area contributed by atoms with Crippen molar-refractivity contribution in [2.75, 3.05) is 13.1 Å². The number of aliphatic hydroxyl groups is 1. The highest BCUT2D eigenvalue weighted by Gasteiger charge is 2.26. The van der Waals surface area contributed by atoms with Crippen molar-refractivity contribution in [1.82, 2.24) is 9.88 Å². The molecule has 20 heavy (non-hydrogen) atoms. The van der Waals surface area contributed by atoms with Gasteiger partial charge in [0.25, 0.3) is 0 Å². The van der Waals surface area contributed by atoms with Crippen molar-refractivity contribution in [3.63, 3.8) is 0 Å².